The van der Waals surface area contributed by atoms with Crippen LogP contribution in [-0.2, 0) is 0 Å². The third-order valence-electron chi connectivity index (χ3n) is 5.03. The van der Waals surface area contributed by atoms with Crippen LogP contribution in [0.25, 0.3) is 0 Å². The van der Waals surface area contributed by atoms with Gasteiger partial charge >= 0.3 is 0 Å². The van der Waals surface area contributed by atoms with Gasteiger partial charge in [-0.25, -0.2) is 9.97 Å². The van der Waals surface area contributed by atoms with Crippen molar-refractivity contribution in [3.05, 3.63) is 47.4 Å². The Morgan fingerprint density at radius 2 is 2.04 bits per heavy atom. The largest absolute Gasteiger partial charge is 0.352 e. The molecule has 1 aliphatic rings. The molecule has 5 heteroatoms. The molecule has 0 spiro atoms. The number of anilines is 2. The number of piperidine rings is 1. The van der Waals surface area contributed by atoms with E-state index in [9.17, 15) is 4.79 Å². The maximum absolute atomic E-state index is 12.4. The van der Waals surface area contributed by atoms with Crippen LogP contribution < -0.4 is 10.2 Å². The van der Waals surface area contributed by atoms with Crippen LogP contribution in [0, 0.1) is 13.8 Å². The van der Waals surface area contributed by atoms with E-state index in [0.717, 1.165) is 30.0 Å². The van der Waals surface area contributed by atoms with E-state index >= 15 is 0 Å². The Morgan fingerprint density at radius 1 is 1.20 bits per heavy atom. The molecule has 0 saturated carbocycles. The summed E-state index contributed by atoms with van der Waals surface area (Å²) < 4.78 is 0. The number of aromatic nitrogens is 2. The summed E-state index contributed by atoms with van der Waals surface area (Å²) in [6, 6.07) is 6.40. The molecule has 25 heavy (non-hydrogen) atoms. The Labute approximate surface area is 149 Å². The van der Waals surface area contributed by atoms with Crippen molar-refractivity contribution in [2.75, 3.05) is 16.8 Å². The van der Waals surface area contributed by atoms with Gasteiger partial charge in [0.2, 0.25) is 0 Å². The molecule has 1 saturated heterocycles. The maximum Gasteiger partial charge on any atom is 0.275 e. The highest BCUT2D eigenvalue weighted by atomic mass is 16.1. The first-order valence-corrected chi connectivity index (χ1v) is 9.05. The molecule has 1 atom stereocenters. The van der Waals surface area contributed by atoms with Crippen LogP contribution in [0.15, 0.2) is 30.6 Å². The van der Waals surface area contributed by atoms with Crippen LogP contribution in [0.3, 0.4) is 0 Å². The highest BCUT2D eigenvalue weighted by molar-refractivity contribution is 6.02. The van der Waals surface area contributed by atoms with E-state index in [4.69, 9.17) is 0 Å². The van der Waals surface area contributed by atoms with Gasteiger partial charge in [0, 0.05) is 18.3 Å². The minimum absolute atomic E-state index is 0.229. The fourth-order valence-electron chi connectivity index (χ4n) is 3.33. The van der Waals surface area contributed by atoms with Crippen LogP contribution in [0.5, 0.6) is 0 Å². The lowest BCUT2D eigenvalue weighted by Gasteiger charge is -2.35. The average Bonchev–Trinajstić information content (AvgIpc) is 2.65. The second kappa shape index (κ2) is 7.64. The summed E-state index contributed by atoms with van der Waals surface area (Å²) in [7, 11) is 0. The van der Waals surface area contributed by atoms with Gasteiger partial charge in [-0.15, -0.1) is 0 Å². The second-order valence-electron chi connectivity index (χ2n) is 6.76. The minimum atomic E-state index is -0.229. The van der Waals surface area contributed by atoms with Gasteiger partial charge in [-0.3, -0.25) is 4.79 Å². The summed E-state index contributed by atoms with van der Waals surface area (Å²) >= 11 is 0. The lowest BCUT2D eigenvalue weighted by Crippen LogP contribution is -2.39. The van der Waals surface area contributed by atoms with Crippen molar-refractivity contribution >= 4 is 17.4 Å². The Kier molecular flexibility index (Phi) is 5.31. The first-order chi connectivity index (χ1) is 12.1. The normalized spacial score (nSPS) is 17.4. The van der Waals surface area contributed by atoms with E-state index in [1.165, 1.54) is 24.8 Å². The Bertz CT molecular complexity index is 742. The molecule has 0 aliphatic carbocycles. The monoisotopic (exact) mass is 338 g/mol. The number of hydrogen-bond acceptors (Lipinski definition) is 4. The topological polar surface area (TPSA) is 58.1 Å². The Balaban J connectivity index is 1.70. The van der Waals surface area contributed by atoms with E-state index in [0.29, 0.717) is 11.7 Å². The van der Waals surface area contributed by atoms with Crippen LogP contribution in [0.4, 0.5) is 11.5 Å². The van der Waals surface area contributed by atoms with Crippen LogP contribution in [0.1, 0.15) is 54.2 Å². The molecule has 2 aromatic rings. The van der Waals surface area contributed by atoms with Crippen LogP contribution >= 0.6 is 0 Å². The smallest absolute Gasteiger partial charge is 0.275 e. The van der Waals surface area contributed by atoms with Crippen molar-refractivity contribution in [1.82, 2.24) is 9.97 Å². The fourth-order valence-corrected chi connectivity index (χ4v) is 3.33. The number of hydrogen-bond donors (Lipinski definition) is 1. The minimum Gasteiger partial charge on any atom is -0.352 e. The molecule has 1 aromatic carbocycles. The van der Waals surface area contributed by atoms with Crippen molar-refractivity contribution in [3.63, 3.8) is 0 Å². The molecule has 1 aliphatic heterocycles. The second-order valence-corrected chi connectivity index (χ2v) is 6.76. The first-order valence-electron chi connectivity index (χ1n) is 9.05. The highest BCUT2D eigenvalue weighted by Gasteiger charge is 2.22. The summed E-state index contributed by atoms with van der Waals surface area (Å²) in [5, 5.41) is 2.89. The van der Waals surface area contributed by atoms with E-state index in [1.807, 2.05) is 25.1 Å². The van der Waals surface area contributed by atoms with E-state index in [1.54, 1.807) is 12.4 Å². The Hall–Kier alpha value is -2.43. The average molecular weight is 338 g/mol. The van der Waals surface area contributed by atoms with Gasteiger partial charge < -0.3 is 10.2 Å². The zero-order chi connectivity index (χ0) is 17.8. The summed E-state index contributed by atoms with van der Waals surface area (Å²) in [4.78, 5) is 23.6. The van der Waals surface area contributed by atoms with E-state index < -0.39 is 0 Å². The standard InChI is InChI=1S/C20H26N4O/c1-4-17-7-5-6-10-24(17)19-13-21-18(12-22-19)20(25)23-16-9-8-14(2)15(3)11-16/h8-9,11-13,17H,4-7,10H2,1-3H3,(H,23,25). The molecule has 1 fully saturated rings. The fraction of sp³-hybridized carbons (Fsp3) is 0.450. The van der Waals surface area contributed by atoms with Gasteiger partial charge in [0.05, 0.1) is 12.4 Å². The molecule has 1 N–H and O–H groups in total. The SMILES string of the molecule is CCC1CCCCN1c1cnc(C(=O)Nc2ccc(C)c(C)c2)cn1. The molecule has 2 heterocycles. The lowest BCUT2D eigenvalue weighted by molar-refractivity contribution is 0.102. The quantitative estimate of drug-likeness (QED) is 0.911. The molecule has 132 valence electrons. The summed E-state index contributed by atoms with van der Waals surface area (Å²) in [5.74, 6) is 0.641. The maximum atomic E-state index is 12.4. The van der Waals surface area contributed by atoms with Gasteiger partial charge in [-0.2, -0.15) is 0 Å². The van der Waals surface area contributed by atoms with Crippen molar-refractivity contribution in [2.45, 2.75) is 52.5 Å². The molecule has 3 rings (SSSR count). The lowest BCUT2D eigenvalue weighted by atomic mass is 10.0. The zero-order valence-electron chi connectivity index (χ0n) is 15.2. The number of nitrogens with zero attached hydrogens (tertiary/aromatic N) is 3. The van der Waals surface area contributed by atoms with Crippen molar-refractivity contribution < 1.29 is 4.79 Å². The Morgan fingerprint density at radius 3 is 2.72 bits per heavy atom. The van der Waals surface area contributed by atoms with Gasteiger partial charge in [0.25, 0.3) is 5.91 Å². The summed E-state index contributed by atoms with van der Waals surface area (Å²) in [5.41, 5.74) is 3.47. The van der Waals surface area contributed by atoms with Crippen molar-refractivity contribution in [3.8, 4) is 0 Å². The van der Waals surface area contributed by atoms with Gasteiger partial charge in [0.1, 0.15) is 11.5 Å². The predicted octanol–water partition coefficient (Wildman–Crippen LogP) is 4.11. The number of carbonyl (C=O) groups excluding carboxylic acids is 1. The van der Waals surface area contributed by atoms with E-state index in [-0.39, 0.29) is 5.91 Å². The van der Waals surface area contributed by atoms with Crippen LogP contribution in [-0.4, -0.2) is 28.5 Å². The molecule has 1 aromatic heterocycles. The number of rotatable bonds is 4. The molecular weight excluding hydrogens is 312 g/mol. The van der Waals surface area contributed by atoms with Gasteiger partial charge in [-0.1, -0.05) is 13.0 Å². The molecule has 0 bridgehead atoms. The van der Waals surface area contributed by atoms with Crippen LogP contribution in [0.2, 0.25) is 0 Å². The number of amides is 1. The molecule has 1 unspecified atom stereocenters. The zero-order valence-corrected chi connectivity index (χ0v) is 15.2. The summed E-state index contributed by atoms with van der Waals surface area (Å²) in [6.07, 6.45) is 8.08. The first kappa shape index (κ1) is 17.4. The van der Waals surface area contributed by atoms with Crippen molar-refractivity contribution in [2.24, 2.45) is 0 Å². The molecule has 0 radical (unpaired) electrons. The number of benzene rings is 1. The predicted molar refractivity (Wildman–Crippen MR) is 101 cm³/mol. The van der Waals surface area contributed by atoms with Gasteiger partial charge in [0.15, 0.2) is 0 Å². The van der Waals surface area contributed by atoms with Gasteiger partial charge in [-0.05, 0) is 62.8 Å². The highest BCUT2D eigenvalue weighted by Crippen LogP contribution is 2.24. The number of aryl methyl sites for hydroxylation is 2. The molecule has 1 amide bonds. The summed E-state index contributed by atoms with van der Waals surface area (Å²) in [6.45, 7) is 7.31. The molecular formula is C20H26N4O. The van der Waals surface area contributed by atoms with E-state index in [2.05, 4.69) is 34.0 Å². The third kappa shape index (κ3) is 3.98. The third-order valence-corrected chi connectivity index (χ3v) is 5.03. The number of nitrogens with one attached hydrogen (secondary N) is 1. The number of carbonyl (C=O) groups is 1. The van der Waals surface area contributed by atoms with Crippen molar-refractivity contribution in [1.29, 1.82) is 0 Å². The molecule has 5 nitrogen and oxygen atoms in total.